The molecule has 1 N–H and O–H groups in total. The summed E-state index contributed by atoms with van der Waals surface area (Å²) in [6.45, 7) is 3.96. The Labute approximate surface area is 101 Å². The number of likely N-dealkylation sites (N-methyl/N-ethyl adjacent to an activating group) is 1. The van der Waals surface area contributed by atoms with Gasteiger partial charge in [0.15, 0.2) is 0 Å². The Morgan fingerprint density at radius 3 is 2.53 bits per heavy atom. The maximum absolute atomic E-state index is 10.1. The smallest absolute Gasteiger partial charge is 0.211 e. The molecule has 1 fully saturated rings. The second-order valence-electron chi connectivity index (χ2n) is 4.63. The van der Waals surface area contributed by atoms with Crippen LogP contribution in [0.4, 0.5) is 0 Å². The van der Waals surface area contributed by atoms with Gasteiger partial charge in [-0.15, -0.1) is 0 Å². The molecule has 0 unspecified atom stereocenters. The van der Waals surface area contributed by atoms with Crippen molar-refractivity contribution < 1.29 is 5.11 Å². The molecular formula is C13H17N3O. The number of nitrogens with zero attached hydrogens (tertiary/aromatic N) is 3. The zero-order chi connectivity index (χ0) is 11.8. The molecule has 1 aliphatic heterocycles. The van der Waals surface area contributed by atoms with E-state index in [9.17, 15) is 5.11 Å². The van der Waals surface area contributed by atoms with Gasteiger partial charge in [0.2, 0.25) is 5.88 Å². The van der Waals surface area contributed by atoms with Gasteiger partial charge in [0.05, 0.1) is 5.52 Å². The third-order valence-electron chi connectivity index (χ3n) is 3.43. The highest BCUT2D eigenvalue weighted by Crippen LogP contribution is 2.24. The number of fused-ring (bicyclic) bond motifs is 1. The van der Waals surface area contributed by atoms with E-state index in [1.54, 1.807) is 0 Å². The maximum Gasteiger partial charge on any atom is 0.211 e. The summed E-state index contributed by atoms with van der Waals surface area (Å²) in [6, 6.07) is 9.91. The highest BCUT2D eigenvalue weighted by molar-refractivity contribution is 5.82. The third kappa shape index (κ3) is 1.74. The van der Waals surface area contributed by atoms with Crippen molar-refractivity contribution in [2.24, 2.45) is 0 Å². The maximum atomic E-state index is 10.1. The topological polar surface area (TPSA) is 31.6 Å². The SMILES string of the molecule is CN1CCN(n2c(O)cc3ccccc32)CC1. The van der Waals surface area contributed by atoms with E-state index in [4.69, 9.17) is 0 Å². The standard InChI is InChI=1S/C13H17N3O/c1-14-6-8-15(9-7-14)16-12-5-3-2-4-11(12)10-13(16)17/h2-5,10,17H,6-9H2,1H3. The van der Waals surface area contributed by atoms with Crippen LogP contribution in [0.1, 0.15) is 0 Å². The van der Waals surface area contributed by atoms with Crippen molar-refractivity contribution in [2.45, 2.75) is 0 Å². The lowest BCUT2D eigenvalue weighted by molar-refractivity contribution is 0.281. The van der Waals surface area contributed by atoms with Gasteiger partial charge in [0.25, 0.3) is 0 Å². The molecule has 3 rings (SSSR count). The summed E-state index contributed by atoms with van der Waals surface area (Å²) in [6.07, 6.45) is 0. The van der Waals surface area contributed by atoms with Crippen LogP contribution < -0.4 is 5.01 Å². The summed E-state index contributed by atoms with van der Waals surface area (Å²) in [5.41, 5.74) is 1.08. The fraction of sp³-hybridized carbons (Fsp3) is 0.385. The predicted octanol–water partition coefficient (Wildman–Crippen LogP) is 1.23. The minimum atomic E-state index is 0.329. The minimum absolute atomic E-state index is 0.329. The molecule has 1 aromatic heterocycles. The molecule has 4 heteroatoms. The van der Waals surface area contributed by atoms with Crippen LogP contribution >= 0.6 is 0 Å². The summed E-state index contributed by atoms with van der Waals surface area (Å²) in [7, 11) is 2.13. The second-order valence-corrected chi connectivity index (χ2v) is 4.63. The van der Waals surface area contributed by atoms with Crippen LogP contribution in [0.5, 0.6) is 5.88 Å². The molecule has 0 aliphatic carbocycles. The predicted molar refractivity (Wildman–Crippen MR) is 69.1 cm³/mol. The van der Waals surface area contributed by atoms with E-state index in [1.807, 2.05) is 35.0 Å². The van der Waals surface area contributed by atoms with Gasteiger partial charge in [-0.3, -0.25) is 0 Å². The van der Waals surface area contributed by atoms with Gasteiger partial charge < -0.3 is 15.0 Å². The molecule has 90 valence electrons. The van der Waals surface area contributed by atoms with Crippen molar-refractivity contribution in [1.29, 1.82) is 0 Å². The van der Waals surface area contributed by atoms with E-state index in [0.29, 0.717) is 5.88 Å². The lowest BCUT2D eigenvalue weighted by Crippen LogP contribution is -2.49. The highest BCUT2D eigenvalue weighted by atomic mass is 16.3. The van der Waals surface area contributed by atoms with Gasteiger partial charge in [-0.05, 0) is 13.1 Å². The fourth-order valence-corrected chi connectivity index (χ4v) is 2.42. The third-order valence-corrected chi connectivity index (χ3v) is 3.43. The lowest BCUT2D eigenvalue weighted by atomic mass is 10.2. The molecule has 2 aromatic rings. The average molecular weight is 231 g/mol. The molecule has 2 heterocycles. The Bertz CT molecular complexity index is 526. The summed E-state index contributed by atoms with van der Waals surface area (Å²) in [5.74, 6) is 0.329. The summed E-state index contributed by atoms with van der Waals surface area (Å²) in [5, 5.41) is 13.4. The van der Waals surface area contributed by atoms with Crippen LogP contribution in [0.3, 0.4) is 0 Å². The number of para-hydroxylation sites is 1. The molecule has 4 nitrogen and oxygen atoms in total. The average Bonchev–Trinajstić information content (AvgIpc) is 2.66. The second kappa shape index (κ2) is 3.96. The van der Waals surface area contributed by atoms with Crippen molar-refractivity contribution in [3.05, 3.63) is 30.3 Å². The summed E-state index contributed by atoms with van der Waals surface area (Å²) >= 11 is 0. The Morgan fingerprint density at radius 2 is 1.76 bits per heavy atom. The first-order valence-corrected chi connectivity index (χ1v) is 5.99. The molecule has 0 radical (unpaired) electrons. The number of rotatable bonds is 1. The number of piperazine rings is 1. The molecule has 0 spiro atoms. The molecule has 1 aromatic carbocycles. The molecule has 0 saturated carbocycles. The molecule has 0 bridgehead atoms. The van der Waals surface area contributed by atoms with Gasteiger partial charge in [0, 0.05) is 37.6 Å². The summed E-state index contributed by atoms with van der Waals surface area (Å²) < 4.78 is 1.93. The first-order valence-electron chi connectivity index (χ1n) is 5.99. The van der Waals surface area contributed by atoms with Crippen LogP contribution in [0.25, 0.3) is 10.9 Å². The highest BCUT2D eigenvalue weighted by Gasteiger charge is 2.18. The van der Waals surface area contributed by atoms with Crippen molar-refractivity contribution >= 4 is 10.9 Å². The lowest BCUT2D eigenvalue weighted by Gasteiger charge is -2.35. The summed E-state index contributed by atoms with van der Waals surface area (Å²) in [4.78, 5) is 2.30. The number of hydrogen-bond acceptors (Lipinski definition) is 3. The quantitative estimate of drug-likeness (QED) is 0.801. The van der Waals surface area contributed by atoms with Gasteiger partial charge in [-0.2, -0.15) is 0 Å². The first-order chi connectivity index (χ1) is 8.25. The molecule has 17 heavy (non-hydrogen) atoms. The molecular weight excluding hydrogens is 214 g/mol. The number of aromatic hydroxyl groups is 1. The van der Waals surface area contributed by atoms with Gasteiger partial charge in [0.1, 0.15) is 0 Å². The monoisotopic (exact) mass is 231 g/mol. The van der Waals surface area contributed by atoms with Crippen LogP contribution in [0, 0.1) is 0 Å². The molecule has 1 aliphatic rings. The number of hydrogen-bond donors (Lipinski definition) is 1. The van der Waals surface area contributed by atoms with Crippen LogP contribution in [0.15, 0.2) is 30.3 Å². The van der Waals surface area contributed by atoms with E-state index >= 15 is 0 Å². The van der Waals surface area contributed by atoms with Gasteiger partial charge >= 0.3 is 0 Å². The Kier molecular flexibility index (Phi) is 2.44. The van der Waals surface area contributed by atoms with Crippen LogP contribution in [-0.4, -0.2) is 47.9 Å². The van der Waals surface area contributed by atoms with Crippen molar-refractivity contribution in [3.63, 3.8) is 0 Å². The van der Waals surface area contributed by atoms with Crippen LogP contribution in [-0.2, 0) is 0 Å². The van der Waals surface area contributed by atoms with E-state index in [2.05, 4.69) is 17.0 Å². The first kappa shape index (κ1) is 10.5. The van der Waals surface area contributed by atoms with Crippen molar-refractivity contribution in [1.82, 2.24) is 9.58 Å². The normalized spacial score (nSPS) is 17.8. The van der Waals surface area contributed by atoms with E-state index in [1.165, 1.54) is 0 Å². The van der Waals surface area contributed by atoms with E-state index in [0.717, 1.165) is 37.1 Å². The van der Waals surface area contributed by atoms with E-state index < -0.39 is 0 Å². The van der Waals surface area contributed by atoms with Crippen LogP contribution in [0.2, 0.25) is 0 Å². The van der Waals surface area contributed by atoms with Crippen molar-refractivity contribution in [3.8, 4) is 5.88 Å². The Hall–Kier alpha value is -1.68. The zero-order valence-electron chi connectivity index (χ0n) is 10.0. The van der Waals surface area contributed by atoms with Gasteiger partial charge in [-0.25, -0.2) is 4.68 Å². The minimum Gasteiger partial charge on any atom is -0.493 e. The Morgan fingerprint density at radius 1 is 1.06 bits per heavy atom. The largest absolute Gasteiger partial charge is 0.493 e. The molecule has 0 amide bonds. The number of aromatic nitrogens is 1. The van der Waals surface area contributed by atoms with Crippen molar-refractivity contribution in [2.75, 3.05) is 38.2 Å². The fourth-order valence-electron chi connectivity index (χ4n) is 2.42. The number of benzene rings is 1. The van der Waals surface area contributed by atoms with E-state index in [-0.39, 0.29) is 0 Å². The molecule has 0 atom stereocenters. The zero-order valence-corrected chi connectivity index (χ0v) is 10.0. The Balaban J connectivity index is 2.02. The van der Waals surface area contributed by atoms with Gasteiger partial charge in [-0.1, -0.05) is 18.2 Å². The molecule has 1 saturated heterocycles.